The molecule has 138 valence electrons. The molecule has 28 heavy (non-hydrogen) atoms. The zero-order chi connectivity index (χ0) is 19.3. The van der Waals surface area contributed by atoms with E-state index in [1.807, 2.05) is 6.07 Å². The van der Waals surface area contributed by atoms with Gasteiger partial charge in [-0.15, -0.1) is 10.2 Å². The Labute approximate surface area is 160 Å². The second kappa shape index (κ2) is 6.27. The molecule has 6 heteroatoms. The molecule has 5 rings (SSSR count). The number of hydrogen-bond acceptors (Lipinski definition) is 5. The van der Waals surface area contributed by atoms with Crippen LogP contribution in [0.15, 0.2) is 45.6 Å². The normalized spacial score (nSPS) is 14.7. The van der Waals surface area contributed by atoms with Gasteiger partial charge in [-0.3, -0.25) is 4.79 Å². The summed E-state index contributed by atoms with van der Waals surface area (Å²) in [6, 6.07) is 11.8. The fourth-order valence-electron chi connectivity index (χ4n) is 3.76. The minimum Gasteiger partial charge on any atom is -0.456 e. The van der Waals surface area contributed by atoms with E-state index in [2.05, 4.69) is 58.7 Å². The average Bonchev–Trinajstić information content (AvgIpc) is 3.36. The van der Waals surface area contributed by atoms with E-state index >= 15 is 0 Å². The zero-order valence-corrected chi connectivity index (χ0v) is 15.6. The molecule has 6 nitrogen and oxygen atoms in total. The van der Waals surface area contributed by atoms with Crippen LogP contribution in [0.4, 0.5) is 0 Å². The Balaban J connectivity index is 1.66. The molecular weight excluding hydrogens is 352 g/mol. The molecule has 2 aromatic heterocycles. The highest BCUT2D eigenvalue weighted by molar-refractivity contribution is 5.88. The second-order valence-electron chi connectivity index (χ2n) is 7.21. The lowest BCUT2D eigenvalue weighted by atomic mass is 10.0. The predicted molar refractivity (Wildman–Crippen MR) is 108 cm³/mol. The highest BCUT2D eigenvalue weighted by Gasteiger charge is 2.24. The molecule has 4 aromatic rings. The van der Waals surface area contributed by atoms with Crippen molar-refractivity contribution >= 4 is 22.6 Å². The molecule has 1 aliphatic rings. The van der Waals surface area contributed by atoms with Crippen LogP contribution in [0.1, 0.15) is 34.4 Å². The van der Waals surface area contributed by atoms with Gasteiger partial charge in [0.25, 0.3) is 0 Å². The van der Waals surface area contributed by atoms with Crippen LogP contribution in [-0.2, 0) is 6.42 Å². The SMILES string of the molecule is Cc1ccc(C)c(/C=C2\CCc3c2oc2ccc(-c4nn[nH]n4)cc2c3=O)c1. The first-order valence-corrected chi connectivity index (χ1v) is 9.22. The molecule has 1 N–H and O–H groups in total. The number of rotatable bonds is 2. The van der Waals surface area contributed by atoms with Gasteiger partial charge in [0, 0.05) is 11.1 Å². The second-order valence-corrected chi connectivity index (χ2v) is 7.21. The lowest BCUT2D eigenvalue weighted by Gasteiger charge is -2.06. The van der Waals surface area contributed by atoms with Crippen LogP contribution in [0.3, 0.4) is 0 Å². The maximum Gasteiger partial charge on any atom is 0.204 e. The fraction of sp³-hybridized carbons (Fsp3) is 0.182. The third-order valence-corrected chi connectivity index (χ3v) is 5.29. The van der Waals surface area contributed by atoms with E-state index in [0.29, 0.717) is 29.0 Å². The third kappa shape index (κ3) is 2.65. The number of tetrazole rings is 1. The van der Waals surface area contributed by atoms with E-state index in [1.165, 1.54) is 11.1 Å². The number of benzene rings is 2. The van der Waals surface area contributed by atoms with Gasteiger partial charge in [0.1, 0.15) is 11.3 Å². The first kappa shape index (κ1) is 16.6. The van der Waals surface area contributed by atoms with Crippen LogP contribution in [0.5, 0.6) is 0 Å². The van der Waals surface area contributed by atoms with Crippen molar-refractivity contribution in [2.24, 2.45) is 0 Å². The first-order valence-electron chi connectivity index (χ1n) is 9.22. The molecule has 0 atom stereocenters. The third-order valence-electron chi connectivity index (χ3n) is 5.29. The van der Waals surface area contributed by atoms with E-state index in [1.54, 1.807) is 12.1 Å². The number of hydrogen-bond donors (Lipinski definition) is 1. The number of fused-ring (bicyclic) bond motifs is 2. The van der Waals surface area contributed by atoms with E-state index in [9.17, 15) is 4.79 Å². The van der Waals surface area contributed by atoms with Crippen LogP contribution in [0, 0.1) is 13.8 Å². The summed E-state index contributed by atoms with van der Waals surface area (Å²) in [6.45, 7) is 4.18. The van der Waals surface area contributed by atoms with Gasteiger partial charge in [-0.2, -0.15) is 5.21 Å². The van der Waals surface area contributed by atoms with E-state index < -0.39 is 0 Å². The molecule has 0 bridgehead atoms. The molecule has 1 aliphatic carbocycles. The number of nitrogens with one attached hydrogen (secondary N) is 1. The van der Waals surface area contributed by atoms with Crippen molar-refractivity contribution in [1.29, 1.82) is 0 Å². The lowest BCUT2D eigenvalue weighted by Crippen LogP contribution is -2.08. The Kier molecular flexibility index (Phi) is 3.72. The zero-order valence-electron chi connectivity index (χ0n) is 15.6. The summed E-state index contributed by atoms with van der Waals surface area (Å²) in [5.41, 5.74) is 6.73. The van der Waals surface area contributed by atoms with Crippen molar-refractivity contribution in [2.45, 2.75) is 26.7 Å². The Bertz CT molecular complexity index is 1300. The molecule has 0 amide bonds. The molecule has 0 saturated heterocycles. The average molecular weight is 370 g/mol. The van der Waals surface area contributed by atoms with Crippen LogP contribution in [-0.4, -0.2) is 20.6 Å². The van der Waals surface area contributed by atoms with Gasteiger partial charge in [-0.05, 0) is 72.9 Å². The van der Waals surface area contributed by atoms with Gasteiger partial charge in [0.2, 0.25) is 5.82 Å². The van der Waals surface area contributed by atoms with Crippen molar-refractivity contribution < 1.29 is 4.42 Å². The molecule has 0 saturated carbocycles. The Hall–Kier alpha value is -3.54. The van der Waals surface area contributed by atoms with E-state index in [0.717, 1.165) is 28.7 Å². The molecular formula is C22H18N4O2. The fourth-order valence-corrected chi connectivity index (χ4v) is 3.76. The summed E-state index contributed by atoms with van der Waals surface area (Å²) >= 11 is 0. The van der Waals surface area contributed by atoms with Crippen LogP contribution in [0.2, 0.25) is 0 Å². The summed E-state index contributed by atoms with van der Waals surface area (Å²) in [4.78, 5) is 13.1. The molecule has 2 aromatic carbocycles. The lowest BCUT2D eigenvalue weighted by molar-refractivity contribution is 0.585. The topological polar surface area (TPSA) is 84.7 Å². The highest BCUT2D eigenvalue weighted by atomic mass is 16.3. The van der Waals surface area contributed by atoms with Crippen LogP contribution >= 0.6 is 0 Å². The number of nitrogens with zero attached hydrogens (tertiary/aromatic N) is 3. The largest absolute Gasteiger partial charge is 0.456 e. The summed E-state index contributed by atoms with van der Waals surface area (Å²) in [7, 11) is 0. The summed E-state index contributed by atoms with van der Waals surface area (Å²) in [5, 5.41) is 14.5. The Morgan fingerprint density at radius 3 is 2.82 bits per heavy atom. The van der Waals surface area contributed by atoms with Gasteiger partial charge in [-0.1, -0.05) is 23.8 Å². The maximum atomic E-state index is 13.1. The Morgan fingerprint density at radius 2 is 2.00 bits per heavy atom. The minimum absolute atomic E-state index is 0.0194. The standard InChI is InChI=1S/C22H18N4O2/c1-12-3-4-13(2)16(9-12)10-14-5-7-17-20(27)18-11-15(22-23-25-26-24-22)6-8-19(18)28-21(14)17/h3-4,6,8-11H,5,7H2,1-2H3,(H,23,24,25,26)/b14-10+. The molecule has 0 unspecified atom stereocenters. The summed E-state index contributed by atoms with van der Waals surface area (Å²) in [5.74, 6) is 1.17. The van der Waals surface area contributed by atoms with Gasteiger partial charge >= 0.3 is 0 Å². The summed E-state index contributed by atoms with van der Waals surface area (Å²) < 4.78 is 6.18. The van der Waals surface area contributed by atoms with Crippen LogP contribution < -0.4 is 5.43 Å². The highest BCUT2D eigenvalue weighted by Crippen LogP contribution is 2.35. The summed E-state index contributed by atoms with van der Waals surface area (Å²) in [6.07, 6.45) is 3.64. The van der Waals surface area contributed by atoms with Crippen molar-refractivity contribution in [3.63, 3.8) is 0 Å². The van der Waals surface area contributed by atoms with E-state index in [4.69, 9.17) is 4.42 Å². The minimum atomic E-state index is 0.0194. The molecule has 0 aliphatic heterocycles. The molecule has 2 heterocycles. The van der Waals surface area contributed by atoms with E-state index in [-0.39, 0.29) is 5.43 Å². The van der Waals surface area contributed by atoms with Crippen molar-refractivity contribution in [3.8, 4) is 11.4 Å². The van der Waals surface area contributed by atoms with Crippen LogP contribution in [0.25, 0.3) is 34.0 Å². The number of aromatic amines is 1. The number of aromatic nitrogens is 4. The molecule has 0 spiro atoms. The quantitative estimate of drug-likeness (QED) is 0.575. The van der Waals surface area contributed by atoms with Crippen molar-refractivity contribution in [2.75, 3.05) is 0 Å². The molecule has 0 radical (unpaired) electrons. The molecule has 0 fully saturated rings. The van der Waals surface area contributed by atoms with Gasteiger partial charge in [-0.25, -0.2) is 0 Å². The van der Waals surface area contributed by atoms with Crippen molar-refractivity contribution in [3.05, 3.63) is 74.6 Å². The van der Waals surface area contributed by atoms with Crippen molar-refractivity contribution in [1.82, 2.24) is 20.6 Å². The van der Waals surface area contributed by atoms with Gasteiger partial charge in [0.05, 0.1) is 5.39 Å². The Morgan fingerprint density at radius 1 is 1.11 bits per heavy atom. The number of aryl methyl sites for hydroxylation is 2. The predicted octanol–water partition coefficient (Wildman–Crippen LogP) is 4.08. The first-order chi connectivity index (χ1) is 13.6. The smallest absolute Gasteiger partial charge is 0.204 e. The maximum absolute atomic E-state index is 13.1. The monoisotopic (exact) mass is 370 g/mol. The number of allylic oxidation sites excluding steroid dienone is 1. The van der Waals surface area contributed by atoms with Gasteiger partial charge < -0.3 is 4.42 Å². The van der Waals surface area contributed by atoms with Gasteiger partial charge in [0.15, 0.2) is 5.43 Å². The number of H-pyrrole nitrogens is 1.